The maximum Gasteiger partial charge on any atom is 0.261 e. The molecule has 1 saturated carbocycles. The number of anilines is 1. The number of rotatable bonds is 7. The van der Waals surface area contributed by atoms with Gasteiger partial charge in [0.05, 0.1) is 11.5 Å². The number of carbonyl (C=O) groups excluding carboxylic acids is 1. The van der Waals surface area contributed by atoms with Crippen molar-refractivity contribution in [3.8, 4) is 5.75 Å². The Hall–Kier alpha value is -2.34. The molecule has 0 spiro atoms. The number of benzene rings is 2. The summed E-state index contributed by atoms with van der Waals surface area (Å²) in [6.07, 6.45) is 1.86. The number of hydrogen-bond donors (Lipinski definition) is 1. The summed E-state index contributed by atoms with van der Waals surface area (Å²) in [5.41, 5.74) is 1.02. The Labute approximate surface area is 141 Å². The van der Waals surface area contributed by atoms with Crippen LogP contribution in [0.25, 0.3) is 0 Å². The van der Waals surface area contributed by atoms with E-state index in [0.717, 1.165) is 12.8 Å². The maximum absolute atomic E-state index is 12.4. The van der Waals surface area contributed by atoms with Crippen molar-refractivity contribution in [2.75, 3.05) is 11.3 Å². The molecule has 3 rings (SSSR count). The minimum absolute atomic E-state index is 0.0958. The van der Waals surface area contributed by atoms with Crippen molar-refractivity contribution in [2.24, 2.45) is 5.92 Å². The van der Waals surface area contributed by atoms with Crippen molar-refractivity contribution in [2.45, 2.75) is 24.7 Å². The van der Waals surface area contributed by atoms with Gasteiger partial charge in [0.15, 0.2) is 5.78 Å². The van der Waals surface area contributed by atoms with Gasteiger partial charge in [0.1, 0.15) is 5.75 Å². The number of sulfonamides is 1. The van der Waals surface area contributed by atoms with Gasteiger partial charge in [0, 0.05) is 17.2 Å². The van der Waals surface area contributed by atoms with Gasteiger partial charge in [-0.3, -0.25) is 9.52 Å². The van der Waals surface area contributed by atoms with E-state index in [9.17, 15) is 13.2 Å². The fourth-order valence-corrected chi connectivity index (χ4v) is 3.44. The third-order valence-corrected chi connectivity index (χ3v) is 5.21. The summed E-state index contributed by atoms with van der Waals surface area (Å²) >= 11 is 0. The van der Waals surface area contributed by atoms with Crippen LogP contribution in [-0.4, -0.2) is 20.8 Å². The van der Waals surface area contributed by atoms with Gasteiger partial charge in [0.2, 0.25) is 0 Å². The smallest absolute Gasteiger partial charge is 0.261 e. The molecule has 1 aliphatic carbocycles. The third-order valence-electron chi connectivity index (χ3n) is 3.81. The Morgan fingerprint density at radius 1 is 1.08 bits per heavy atom. The lowest BCUT2D eigenvalue weighted by molar-refractivity contribution is 0.0967. The summed E-state index contributed by atoms with van der Waals surface area (Å²) in [5.74, 6) is 0.899. The largest absolute Gasteiger partial charge is 0.494 e. The minimum atomic E-state index is -3.69. The molecule has 6 heteroatoms. The van der Waals surface area contributed by atoms with Crippen LogP contribution in [0.1, 0.15) is 30.1 Å². The number of hydrogen-bond acceptors (Lipinski definition) is 4. The van der Waals surface area contributed by atoms with Crippen LogP contribution in [0.2, 0.25) is 0 Å². The molecule has 0 radical (unpaired) electrons. The van der Waals surface area contributed by atoms with E-state index < -0.39 is 10.0 Å². The lowest BCUT2D eigenvalue weighted by Gasteiger charge is -2.09. The van der Waals surface area contributed by atoms with Gasteiger partial charge in [-0.1, -0.05) is 12.1 Å². The van der Waals surface area contributed by atoms with Gasteiger partial charge in [-0.05, 0) is 56.2 Å². The molecule has 0 atom stereocenters. The van der Waals surface area contributed by atoms with Crippen LogP contribution in [0, 0.1) is 5.92 Å². The molecule has 0 unspecified atom stereocenters. The first-order valence-electron chi connectivity index (χ1n) is 7.89. The molecule has 0 bridgehead atoms. The first kappa shape index (κ1) is 16.5. The molecule has 0 heterocycles. The van der Waals surface area contributed by atoms with Crippen LogP contribution in [-0.2, 0) is 10.0 Å². The first-order chi connectivity index (χ1) is 11.5. The fraction of sp³-hybridized carbons (Fsp3) is 0.278. The van der Waals surface area contributed by atoms with Gasteiger partial charge in [-0.2, -0.15) is 0 Å². The average Bonchev–Trinajstić information content (AvgIpc) is 3.41. The highest BCUT2D eigenvalue weighted by molar-refractivity contribution is 7.92. The lowest BCUT2D eigenvalue weighted by atomic mass is 10.1. The van der Waals surface area contributed by atoms with Gasteiger partial charge < -0.3 is 4.74 Å². The van der Waals surface area contributed by atoms with E-state index in [1.54, 1.807) is 36.4 Å². The van der Waals surface area contributed by atoms with E-state index in [4.69, 9.17) is 4.74 Å². The van der Waals surface area contributed by atoms with Gasteiger partial charge in [0.25, 0.3) is 10.0 Å². The van der Waals surface area contributed by atoms with Crippen molar-refractivity contribution in [1.82, 2.24) is 0 Å². The van der Waals surface area contributed by atoms with Crippen LogP contribution in [0.3, 0.4) is 0 Å². The summed E-state index contributed by atoms with van der Waals surface area (Å²) in [6, 6.07) is 12.8. The zero-order valence-corrected chi connectivity index (χ0v) is 14.2. The molecule has 0 aromatic heterocycles. The van der Waals surface area contributed by atoms with Gasteiger partial charge in [-0.15, -0.1) is 0 Å². The summed E-state index contributed by atoms with van der Waals surface area (Å²) in [6.45, 7) is 2.44. The molecule has 2 aromatic carbocycles. The Balaban J connectivity index is 1.73. The van der Waals surface area contributed by atoms with E-state index in [2.05, 4.69) is 4.72 Å². The molecule has 24 heavy (non-hydrogen) atoms. The zero-order chi connectivity index (χ0) is 17.2. The second-order valence-electron chi connectivity index (χ2n) is 5.73. The summed E-state index contributed by atoms with van der Waals surface area (Å²) in [4.78, 5) is 12.1. The Kier molecular flexibility index (Phi) is 4.57. The van der Waals surface area contributed by atoms with Crippen molar-refractivity contribution in [1.29, 1.82) is 0 Å². The predicted molar refractivity (Wildman–Crippen MR) is 91.9 cm³/mol. The third kappa shape index (κ3) is 3.76. The second kappa shape index (κ2) is 6.65. The SMILES string of the molecule is CCOc1ccc(NS(=O)(=O)c2ccc(C(=O)C3CC3)cc2)cc1. The standard InChI is InChI=1S/C18H19NO4S/c1-2-23-16-9-7-15(8-10-16)19-24(21,22)17-11-5-14(6-12-17)18(20)13-3-4-13/h5-13,19H,2-4H2,1H3. The first-order valence-corrected chi connectivity index (χ1v) is 9.38. The molecule has 2 aromatic rings. The van der Waals surface area contributed by atoms with E-state index >= 15 is 0 Å². The molecule has 0 saturated heterocycles. The molecule has 0 aliphatic heterocycles. The molecular formula is C18H19NO4S. The maximum atomic E-state index is 12.4. The number of Topliss-reactive ketones (excluding diaryl/α,β-unsaturated/α-hetero) is 1. The normalized spacial score (nSPS) is 14.2. The number of ketones is 1. The quantitative estimate of drug-likeness (QED) is 0.780. The topological polar surface area (TPSA) is 72.5 Å². The molecule has 1 fully saturated rings. The lowest BCUT2D eigenvalue weighted by Crippen LogP contribution is -2.13. The van der Waals surface area contributed by atoms with Crippen molar-refractivity contribution < 1.29 is 17.9 Å². The molecule has 5 nitrogen and oxygen atoms in total. The Bertz CT molecular complexity index is 822. The monoisotopic (exact) mass is 345 g/mol. The minimum Gasteiger partial charge on any atom is -0.494 e. The summed E-state index contributed by atoms with van der Waals surface area (Å²) < 4.78 is 32.7. The highest BCUT2D eigenvalue weighted by Crippen LogP contribution is 2.32. The van der Waals surface area contributed by atoms with Crippen LogP contribution < -0.4 is 9.46 Å². The summed E-state index contributed by atoms with van der Waals surface area (Å²) in [7, 11) is -3.69. The highest BCUT2D eigenvalue weighted by atomic mass is 32.2. The van der Waals surface area contributed by atoms with Crippen molar-refractivity contribution in [3.63, 3.8) is 0 Å². The van der Waals surface area contributed by atoms with Crippen LogP contribution in [0.4, 0.5) is 5.69 Å². The number of nitrogens with one attached hydrogen (secondary N) is 1. The molecule has 126 valence electrons. The molecule has 1 N–H and O–H groups in total. The van der Waals surface area contributed by atoms with Crippen LogP contribution in [0.5, 0.6) is 5.75 Å². The Morgan fingerprint density at radius 3 is 2.25 bits per heavy atom. The zero-order valence-electron chi connectivity index (χ0n) is 13.4. The van der Waals surface area contributed by atoms with Crippen LogP contribution >= 0.6 is 0 Å². The molecular weight excluding hydrogens is 326 g/mol. The van der Waals surface area contributed by atoms with Gasteiger partial charge >= 0.3 is 0 Å². The Morgan fingerprint density at radius 2 is 1.71 bits per heavy atom. The van der Waals surface area contributed by atoms with E-state index in [-0.39, 0.29) is 16.6 Å². The number of carbonyl (C=O) groups is 1. The molecule has 0 amide bonds. The highest BCUT2D eigenvalue weighted by Gasteiger charge is 2.30. The fourth-order valence-electron chi connectivity index (χ4n) is 2.38. The van der Waals surface area contributed by atoms with E-state index in [0.29, 0.717) is 23.6 Å². The second-order valence-corrected chi connectivity index (χ2v) is 7.41. The van der Waals surface area contributed by atoms with E-state index in [1.807, 2.05) is 6.92 Å². The van der Waals surface area contributed by atoms with E-state index in [1.165, 1.54) is 12.1 Å². The number of ether oxygens (including phenoxy) is 1. The van der Waals surface area contributed by atoms with Crippen molar-refractivity contribution in [3.05, 3.63) is 54.1 Å². The van der Waals surface area contributed by atoms with Crippen molar-refractivity contribution >= 4 is 21.5 Å². The van der Waals surface area contributed by atoms with Crippen LogP contribution in [0.15, 0.2) is 53.4 Å². The predicted octanol–water partition coefficient (Wildman–Crippen LogP) is 3.48. The molecule has 1 aliphatic rings. The average molecular weight is 345 g/mol. The summed E-state index contributed by atoms with van der Waals surface area (Å²) in [5, 5.41) is 0. The van der Waals surface area contributed by atoms with Gasteiger partial charge in [-0.25, -0.2) is 8.42 Å².